The van der Waals surface area contributed by atoms with Gasteiger partial charge in [0.05, 0.1) is 6.54 Å². The third-order valence-electron chi connectivity index (χ3n) is 3.99. The molecule has 6 nitrogen and oxygen atoms in total. The largest absolute Gasteiger partial charge is 0.357 e. The van der Waals surface area contributed by atoms with Gasteiger partial charge in [-0.05, 0) is 44.5 Å². The summed E-state index contributed by atoms with van der Waals surface area (Å²) in [6.45, 7) is 11.5. The van der Waals surface area contributed by atoms with E-state index >= 15 is 0 Å². The zero-order valence-electron chi connectivity index (χ0n) is 15.6. The van der Waals surface area contributed by atoms with E-state index in [9.17, 15) is 0 Å². The Labute approximate surface area is 151 Å². The molecule has 2 N–H and O–H groups in total. The Bertz CT molecular complexity index is 614. The molecule has 6 heteroatoms. The summed E-state index contributed by atoms with van der Waals surface area (Å²) in [5.74, 6) is 1.86. The van der Waals surface area contributed by atoms with Crippen molar-refractivity contribution in [2.45, 2.75) is 33.9 Å². The predicted molar refractivity (Wildman–Crippen MR) is 105 cm³/mol. The molecule has 0 spiro atoms. The highest BCUT2D eigenvalue weighted by Crippen LogP contribution is 2.11. The monoisotopic (exact) mass is 342 g/mol. The molecule has 0 aliphatic rings. The van der Waals surface area contributed by atoms with Gasteiger partial charge in [-0.3, -0.25) is 0 Å². The van der Waals surface area contributed by atoms with Crippen molar-refractivity contribution in [2.24, 2.45) is 4.99 Å². The number of hydrogen-bond donors (Lipinski definition) is 2. The van der Waals surface area contributed by atoms with Gasteiger partial charge in [0.15, 0.2) is 5.96 Å². The van der Waals surface area contributed by atoms with Gasteiger partial charge in [-0.15, -0.1) is 0 Å². The molecule has 0 aliphatic carbocycles. The van der Waals surface area contributed by atoms with Crippen LogP contribution in [0.4, 0.5) is 5.82 Å². The normalized spacial score (nSPS) is 11.4. The van der Waals surface area contributed by atoms with Gasteiger partial charge in [-0.2, -0.15) is 0 Å². The second-order valence-electron chi connectivity index (χ2n) is 5.74. The van der Waals surface area contributed by atoms with Crippen LogP contribution in [0.5, 0.6) is 0 Å². The average molecular weight is 342 g/mol. The van der Waals surface area contributed by atoms with Crippen LogP contribution in [0.3, 0.4) is 0 Å². The van der Waals surface area contributed by atoms with Gasteiger partial charge in [0.25, 0.3) is 0 Å². The van der Waals surface area contributed by atoms with Crippen molar-refractivity contribution in [3.05, 3.63) is 48.4 Å². The van der Waals surface area contributed by atoms with Crippen LogP contribution in [-0.4, -0.2) is 41.7 Å². The standard InChI is InChI=1S/C19H30N6/c1-4-20-19(21-11-14-24-12-7-8-13-24)23-16-17-9-10-18(22-15-17)25(5-2)6-3/h7-10,12-13,15H,4-6,11,14,16H2,1-3H3,(H2,20,21,23). The minimum Gasteiger partial charge on any atom is -0.357 e. The fraction of sp³-hybridized carbons (Fsp3) is 0.474. The lowest BCUT2D eigenvalue weighted by molar-refractivity contribution is 0.665. The van der Waals surface area contributed by atoms with Crippen molar-refractivity contribution < 1.29 is 0 Å². The first kappa shape index (κ1) is 18.8. The molecule has 0 radical (unpaired) electrons. The Hall–Kier alpha value is -2.50. The number of pyridine rings is 1. The third-order valence-corrected chi connectivity index (χ3v) is 3.99. The summed E-state index contributed by atoms with van der Waals surface area (Å²) in [6.07, 6.45) is 6.05. The smallest absolute Gasteiger partial charge is 0.191 e. The summed E-state index contributed by atoms with van der Waals surface area (Å²) >= 11 is 0. The number of nitrogens with one attached hydrogen (secondary N) is 2. The van der Waals surface area contributed by atoms with E-state index in [0.717, 1.165) is 50.1 Å². The Morgan fingerprint density at radius 2 is 1.88 bits per heavy atom. The average Bonchev–Trinajstić information content (AvgIpc) is 3.15. The van der Waals surface area contributed by atoms with Crippen LogP contribution >= 0.6 is 0 Å². The highest BCUT2D eigenvalue weighted by atomic mass is 15.2. The summed E-state index contributed by atoms with van der Waals surface area (Å²) in [5.41, 5.74) is 1.11. The molecule has 0 amide bonds. The van der Waals surface area contributed by atoms with Crippen LogP contribution in [0.25, 0.3) is 0 Å². The van der Waals surface area contributed by atoms with Crippen molar-refractivity contribution in [1.82, 2.24) is 20.2 Å². The maximum Gasteiger partial charge on any atom is 0.191 e. The highest BCUT2D eigenvalue weighted by molar-refractivity contribution is 5.79. The van der Waals surface area contributed by atoms with E-state index in [-0.39, 0.29) is 0 Å². The number of nitrogens with zero attached hydrogens (tertiary/aromatic N) is 4. The molecule has 0 fully saturated rings. The molecule has 0 unspecified atom stereocenters. The van der Waals surface area contributed by atoms with Crippen LogP contribution in [0, 0.1) is 0 Å². The molecule has 0 saturated heterocycles. The van der Waals surface area contributed by atoms with Gasteiger partial charge in [-0.25, -0.2) is 9.98 Å². The maximum absolute atomic E-state index is 4.65. The quantitative estimate of drug-likeness (QED) is 0.543. The molecule has 0 aromatic carbocycles. The van der Waals surface area contributed by atoms with Crippen LogP contribution in [-0.2, 0) is 13.1 Å². The number of aromatic nitrogens is 2. The first-order valence-electron chi connectivity index (χ1n) is 9.09. The first-order chi connectivity index (χ1) is 12.3. The Kier molecular flexibility index (Phi) is 7.82. The maximum atomic E-state index is 4.65. The molecule has 2 aromatic heterocycles. The van der Waals surface area contributed by atoms with Crippen molar-refractivity contribution in [1.29, 1.82) is 0 Å². The molecule has 2 rings (SSSR count). The highest BCUT2D eigenvalue weighted by Gasteiger charge is 2.03. The minimum absolute atomic E-state index is 0.615. The lowest BCUT2D eigenvalue weighted by atomic mass is 10.3. The van der Waals surface area contributed by atoms with Crippen molar-refractivity contribution >= 4 is 11.8 Å². The Balaban J connectivity index is 1.88. The fourth-order valence-electron chi connectivity index (χ4n) is 2.58. The SMILES string of the molecule is CCNC(=NCc1ccc(N(CC)CC)nc1)NCCn1cccc1. The number of hydrogen-bond acceptors (Lipinski definition) is 3. The molecule has 25 heavy (non-hydrogen) atoms. The molecule has 0 atom stereocenters. The summed E-state index contributed by atoms with van der Waals surface area (Å²) in [7, 11) is 0. The van der Waals surface area contributed by atoms with Crippen LogP contribution in [0.1, 0.15) is 26.3 Å². The van der Waals surface area contributed by atoms with Gasteiger partial charge in [-0.1, -0.05) is 6.07 Å². The molecule has 2 heterocycles. The number of guanidine groups is 1. The topological polar surface area (TPSA) is 57.5 Å². The van der Waals surface area contributed by atoms with Crippen molar-refractivity contribution in [2.75, 3.05) is 31.1 Å². The second-order valence-corrected chi connectivity index (χ2v) is 5.74. The van der Waals surface area contributed by atoms with E-state index in [2.05, 4.69) is 75.4 Å². The van der Waals surface area contributed by atoms with Crippen LogP contribution in [0.15, 0.2) is 47.8 Å². The van der Waals surface area contributed by atoms with Gasteiger partial charge in [0, 0.05) is 51.3 Å². The lowest BCUT2D eigenvalue weighted by Crippen LogP contribution is -2.38. The van der Waals surface area contributed by atoms with Gasteiger partial charge in [0.2, 0.25) is 0 Å². The fourth-order valence-corrected chi connectivity index (χ4v) is 2.58. The van der Waals surface area contributed by atoms with Crippen molar-refractivity contribution in [3.8, 4) is 0 Å². The zero-order valence-corrected chi connectivity index (χ0v) is 15.6. The second kappa shape index (κ2) is 10.4. The summed E-state index contributed by atoms with van der Waals surface area (Å²) in [5, 5.41) is 6.65. The summed E-state index contributed by atoms with van der Waals surface area (Å²) in [6, 6.07) is 8.25. The number of aliphatic imine (C=N–C) groups is 1. The number of rotatable bonds is 9. The zero-order chi connectivity index (χ0) is 17.9. The van der Waals surface area contributed by atoms with E-state index in [0.29, 0.717) is 6.54 Å². The third kappa shape index (κ3) is 6.14. The number of anilines is 1. The molecule has 136 valence electrons. The van der Waals surface area contributed by atoms with E-state index in [4.69, 9.17) is 0 Å². The summed E-state index contributed by atoms with van der Waals surface area (Å²) in [4.78, 5) is 11.4. The van der Waals surface area contributed by atoms with Gasteiger partial charge in [0.1, 0.15) is 5.82 Å². The summed E-state index contributed by atoms with van der Waals surface area (Å²) < 4.78 is 2.15. The van der Waals surface area contributed by atoms with E-state index < -0.39 is 0 Å². The van der Waals surface area contributed by atoms with Crippen LogP contribution in [0.2, 0.25) is 0 Å². The molecular formula is C19H30N6. The van der Waals surface area contributed by atoms with Gasteiger partial charge >= 0.3 is 0 Å². The predicted octanol–water partition coefficient (Wildman–Crippen LogP) is 2.48. The molecule has 0 saturated carbocycles. The minimum atomic E-state index is 0.615. The first-order valence-corrected chi connectivity index (χ1v) is 9.09. The van der Waals surface area contributed by atoms with E-state index in [1.54, 1.807) is 0 Å². The Morgan fingerprint density at radius 3 is 2.48 bits per heavy atom. The molecule has 0 aliphatic heterocycles. The van der Waals surface area contributed by atoms with E-state index in [1.165, 1.54) is 0 Å². The lowest BCUT2D eigenvalue weighted by Gasteiger charge is -2.19. The molecule has 2 aromatic rings. The van der Waals surface area contributed by atoms with Crippen molar-refractivity contribution in [3.63, 3.8) is 0 Å². The van der Waals surface area contributed by atoms with Crippen LogP contribution < -0.4 is 15.5 Å². The van der Waals surface area contributed by atoms with Gasteiger partial charge < -0.3 is 20.1 Å². The molecule has 0 bridgehead atoms. The van der Waals surface area contributed by atoms with E-state index in [1.807, 2.05) is 18.3 Å². The Morgan fingerprint density at radius 1 is 1.12 bits per heavy atom. The molecular weight excluding hydrogens is 312 g/mol.